The minimum absolute atomic E-state index is 0.0478. The van der Waals surface area contributed by atoms with Gasteiger partial charge in [-0.25, -0.2) is 4.98 Å². The van der Waals surface area contributed by atoms with Crippen molar-refractivity contribution in [2.75, 3.05) is 11.9 Å². The highest BCUT2D eigenvalue weighted by Crippen LogP contribution is 2.22. The first-order valence-corrected chi connectivity index (χ1v) is 6.13. The highest BCUT2D eigenvalue weighted by molar-refractivity contribution is 5.80. The van der Waals surface area contributed by atoms with E-state index in [9.17, 15) is 4.79 Å². The average Bonchev–Trinajstić information content (AvgIpc) is 2.93. The lowest BCUT2D eigenvalue weighted by atomic mass is 10.1. The number of benzene rings is 1. The normalized spacial score (nSPS) is 10.7. The molecule has 0 saturated heterocycles. The zero-order valence-electron chi connectivity index (χ0n) is 10.8. The minimum atomic E-state index is 0.0478. The van der Waals surface area contributed by atoms with Crippen LogP contribution < -0.4 is 5.32 Å². The zero-order chi connectivity index (χ0) is 13.9. The second-order valence-electron chi connectivity index (χ2n) is 4.39. The fraction of sp³-hybridized carbons (Fsp3) is 0.143. The molecule has 6 heteroatoms. The van der Waals surface area contributed by atoms with E-state index in [4.69, 9.17) is 4.42 Å². The fourth-order valence-corrected chi connectivity index (χ4v) is 1.81. The first-order chi connectivity index (χ1) is 9.72. The summed E-state index contributed by atoms with van der Waals surface area (Å²) in [5, 5.41) is 11.1. The molecule has 0 atom stereocenters. The number of aromatic nitrogens is 3. The lowest BCUT2D eigenvalue weighted by Crippen LogP contribution is -2.11. The molecule has 0 amide bonds. The Morgan fingerprint density at radius 1 is 1.25 bits per heavy atom. The Labute approximate surface area is 114 Å². The molecule has 20 heavy (non-hydrogen) atoms. The van der Waals surface area contributed by atoms with Gasteiger partial charge in [0.2, 0.25) is 0 Å². The van der Waals surface area contributed by atoms with Gasteiger partial charge in [-0.05, 0) is 31.2 Å². The Morgan fingerprint density at radius 3 is 2.90 bits per heavy atom. The number of hydrogen-bond acceptors (Lipinski definition) is 6. The second-order valence-corrected chi connectivity index (χ2v) is 4.39. The van der Waals surface area contributed by atoms with Crippen molar-refractivity contribution in [1.29, 1.82) is 0 Å². The van der Waals surface area contributed by atoms with Crippen LogP contribution in [0.5, 0.6) is 0 Å². The molecule has 100 valence electrons. The molecular weight excluding hydrogens is 256 g/mol. The third kappa shape index (κ3) is 2.49. The largest absolute Gasteiger partial charge is 0.443 e. The van der Waals surface area contributed by atoms with E-state index in [-0.39, 0.29) is 12.3 Å². The summed E-state index contributed by atoms with van der Waals surface area (Å²) in [6.07, 6.45) is 1.41. The number of carbonyl (C=O) groups excluding carboxylic acids is 1. The van der Waals surface area contributed by atoms with Crippen LogP contribution in [0.1, 0.15) is 6.92 Å². The molecule has 3 aromatic rings. The summed E-state index contributed by atoms with van der Waals surface area (Å²) in [4.78, 5) is 14.9. The van der Waals surface area contributed by atoms with Crippen LogP contribution >= 0.6 is 0 Å². The van der Waals surface area contributed by atoms with Gasteiger partial charge in [0, 0.05) is 5.56 Å². The van der Waals surface area contributed by atoms with E-state index < -0.39 is 0 Å². The van der Waals surface area contributed by atoms with Crippen LogP contribution in [0, 0.1) is 0 Å². The average molecular weight is 268 g/mol. The maximum Gasteiger partial charge on any atom is 0.181 e. The Hall–Kier alpha value is -2.76. The number of ketones is 1. The van der Waals surface area contributed by atoms with Gasteiger partial charge >= 0.3 is 0 Å². The van der Waals surface area contributed by atoms with Gasteiger partial charge in [0.15, 0.2) is 12.0 Å². The van der Waals surface area contributed by atoms with E-state index in [1.54, 1.807) is 6.07 Å². The van der Waals surface area contributed by atoms with Gasteiger partial charge < -0.3 is 9.73 Å². The van der Waals surface area contributed by atoms with Crippen LogP contribution in [-0.2, 0) is 4.79 Å². The summed E-state index contributed by atoms with van der Waals surface area (Å²) >= 11 is 0. The SMILES string of the molecule is CC(=O)CNc1ccc(-c2ccc3ncoc3c2)nn1. The van der Waals surface area contributed by atoms with E-state index in [2.05, 4.69) is 20.5 Å². The van der Waals surface area contributed by atoms with Gasteiger partial charge in [-0.1, -0.05) is 6.07 Å². The second kappa shape index (κ2) is 5.08. The van der Waals surface area contributed by atoms with Crippen LogP contribution in [0.4, 0.5) is 5.82 Å². The summed E-state index contributed by atoms with van der Waals surface area (Å²) in [6.45, 7) is 1.76. The third-order valence-corrected chi connectivity index (χ3v) is 2.81. The lowest BCUT2D eigenvalue weighted by Gasteiger charge is -2.03. The predicted octanol–water partition coefficient (Wildman–Crippen LogP) is 2.29. The Kier molecular flexibility index (Phi) is 3.12. The summed E-state index contributed by atoms with van der Waals surface area (Å²) in [7, 11) is 0. The number of oxazole rings is 1. The number of hydrogen-bond donors (Lipinski definition) is 1. The van der Waals surface area contributed by atoms with E-state index in [0.29, 0.717) is 11.4 Å². The van der Waals surface area contributed by atoms with Crippen molar-refractivity contribution in [3.63, 3.8) is 0 Å². The van der Waals surface area contributed by atoms with Crippen molar-refractivity contribution in [2.24, 2.45) is 0 Å². The van der Waals surface area contributed by atoms with Gasteiger partial charge in [0.25, 0.3) is 0 Å². The van der Waals surface area contributed by atoms with Gasteiger partial charge in [-0.15, -0.1) is 10.2 Å². The monoisotopic (exact) mass is 268 g/mol. The molecule has 1 aromatic carbocycles. The summed E-state index contributed by atoms with van der Waals surface area (Å²) in [5.74, 6) is 0.622. The number of fused-ring (bicyclic) bond motifs is 1. The molecule has 0 spiro atoms. The lowest BCUT2D eigenvalue weighted by molar-refractivity contribution is -0.115. The molecule has 0 aliphatic carbocycles. The van der Waals surface area contributed by atoms with Crippen molar-refractivity contribution >= 4 is 22.7 Å². The zero-order valence-corrected chi connectivity index (χ0v) is 10.8. The van der Waals surface area contributed by atoms with Crippen molar-refractivity contribution in [1.82, 2.24) is 15.2 Å². The molecule has 2 heterocycles. The Balaban J connectivity index is 1.84. The number of rotatable bonds is 4. The van der Waals surface area contributed by atoms with Crippen LogP contribution in [0.15, 0.2) is 41.1 Å². The topological polar surface area (TPSA) is 80.9 Å². The van der Waals surface area contributed by atoms with Gasteiger partial charge in [-0.3, -0.25) is 4.79 Å². The number of carbonyl (C=O) groups is 1. The maximum atomic E-state index is 10.9. The molecule has 0 saturated carbocycles. The van der Waals surface area contributed by atoms with Crippen LogP contribution in [0.2, 0.25) is 0 Å². The van der Waals surface area contributed by atoms with E-state index in [1.807, 2.05) is 24.3 Å². The molecule has 3 rings (SSSR count). The van der Waals surface area contributed by atoms with Crippen molar-refractivity contribution in [3.8, 4) is 11.3 Å². The highest BCUT2D eigenvalue weighted by atomic mass is 16.3. The molecular formula is C14H12N4O2. The summed E-state index contributed by atoms with van der Waals surface area (Å²) < 4.78 is 5.26. The molecule has 0 unspecified atom stereocenters. The number of nitrogens with zero attached hydrogens (tertiary/aromatic N) is 3. The molecule has 0 bridgehead atoms. The third-order valence-electron chi connectivity index (χ3n) is 2.81. The number of Topliss-reactive ketones (excluding diaryl/α,β-unsaturated/α-hetero) is 1. The molecule has 0 aliphatic rings. The maximum absolute atomic E-state index is 10.9. The molecule has 2 aromatic heterocycles. The Morgan fingerprint density at radius 2 is 2.15 bits per heavy atom. The van der Waals surface area contributed by atoms with Gasteiger partial charge in [-0.2, -0.15) is 0 Å². The molecule has 6 nitrogen and oxygen atoms in total. The Bertz CT molecular complexity index is 749. The summed E-state index contributed by atoms with van der Waals surface area (Å²) in [6, 6.07) is 9.28. The molecule has 0 fully saturated rings. The van der Waals surface area contributed by atoms with E-state index in [0.717, 1.165) is 16.8 Å². The van der Waals surface area contributed by atoms with Crippen molar-refractivity contribution < 1.29 is 9.21 Å². The number of anilines is 1. The predicted molar refractivity (Wildman–Crippen MR) is 74.2 cm³/mol. The van der Waals surface area contributed by atoms with Crippen LogP contribution in [-0.4, -0.2) is 27.5 Å². The van der Waals surface area contributed by atoms with E-state index in [1.165, 1.54) is 13.3 Å². The molecule has 0 aliphatic heterocycles. The van der Waals surface area contributed by atoms with Crippen LogP contribution in [0.25, 0.3) is 22.4 Å². The van der Waals surface area contributed by atoms with Gasteiger partial charge in [0.1, 0.15) is 17.1 Å². The van der Waals surface area contributed by atoms with Crippen molar-refractivity contribution in [2.45, 2.75) is 6.92 Å². The first-order valence-electron chi connectivity index (χ1n) is 6.13. The quantitative estimate of drug-likeness (QED) is 0.781. The van der Waals surface area contributed by atoms with E-state index >= 15 is 0 Å². The molecule has 1 N–H and O–H groups in total. The van der Waals surface area contributed by atoms with Crippen molar-refractivity contribution in [3.05, 3.63) is 36.7 Å². The minimum Gasteiger partial charge on any atom is -0.443 e. The summed E-state index contributed by atoms with van der Waals surface area (Å²) in [5.41, 5.74) is 3.15. The van der Waals surface area contributed by atoms with Gasteiger partial charge in [0.05, 0.1) is 12.2 Å². The molecule has 0 radical (unpaired) electrons. The number of nitrogens with one attached hydrogen (secondary N) is 1. The first kappa shape index (κ1) is 12.3. The standard InChI is InChI=1S/C14H12N4O2/c1-9(19)7-15-14-5-4-11(17-18-14)10-2-3-12-13(6-10)20-8-16-12/h2-6,8H,7H2,1H3,(H,15,18). The fourth-order valence-electron chi connectivity index (χ4n) is 1.81. The van der Waals surface area contributed by atoms with Crippen LogP contribution in [0.3, 0.4) is 0 Å². The smallest absolute Gasteiger partial charge is 0.181 e. The highest BCUT2D eigenvalue weighted by Gasteiger charge is 2.05.